The second-order valence-electron chi connectivity index (χ2n) is 3.51. The van der Waals surface area contributed by atoms with E-state index in [1.807, 2.05) is 19.1 Å². The number of nitrogen functional groups attached to an aromatic ring is 1. The Bertz CT molecular complexity index is 343. The fourth-order valence-corrected chi connectivity index (χ4v) is 1.18. The molecular weight excluding hydrogens is 188 g/mol. The molecule has 3 heteroatoms. The number of carbonyl (C=O) groups excluding carboxylic acids is 1. The highest BCUT2D eigenvalue weighted by Crippen LogP contribution is 2.05. The summed E-state index contributed by atoms with van der Waals surface area (Å²) in [6.45, 7) is 5.48. The van der Waals surface area contributed by atoms with Crippen molar-refractivity contribution in [2.24, 2.45) is 0 Å². The normalized spacial score (nSPS) is 11.8. The van der Waals surface area contributed by atoms with E-state index < -0.39 is 0 Å². The van der Waals surface area contributed by atoms with Gasteiger partial charge < -0.3 is 11.1 Å². The smallest absolute Gasteiger partial charge is 0.224 e. The van der Waals surface area contributed by atoms with E-state index in [0.29, 0.717) is 12.1 Å². The van der Waals surface area contributed by atoms with Gasteiger partial charge in [0.05, 0.1) is 6.42 Å². The Hall–Kier alpha value is -1.77. The highest BCUT2D eigenvalue weighted by atomic mass is 16.1. The van der Waals surface area contributed by atoms with Gasteiger partial charge in [0, 0.05) is 11.7 Å². The van der Waals surface area contributed by atoms with Crippen molar-refractivity contribution in [3.8, 4) is 0 Å². The molecule has 0 aliphatic rings. The fraction of sp³-hybridized carbons (Fsp3) is 0.250. The zero-order valence-corrected chi connectivity index (χ0v) is 8.86. The zero-order valence-electron chi connectivity index (χ0n) is 8.86. The largest absolute Gasteiger partial charge is 0.399 e. The van der Waals surface area contributed by atoms with Gasteiger partial charge in [0.1, 0.15) is 0 Å². The van der Waals surface area contributed by atoms with E-state index in [2.05, 4.69) is 11.9 Å². The molecule has 1 aromatic rings. The fourth-order valence-electron chi connectivity index (χ4n) is 1.18. The lowest BCUT2D eigenvalue weighted by molar-refractivity contribution is -0.120. The first-order chi connectivity index (χ1) is 7.11. The van der Waals surface area contributed by atoms with Crippen LogP contribution in [0.25, 0.3) is 0 Å². The van der Waals surface area contributed by atoms with Crippen LogP contribution in [0.5, 0.6) is 0 Å². The summed E-state index contributed by atoms with van der Waals surface area (Å²) in [5, 5.41) is 2.80. The molecule has 0 saturated carbocycles. The van der Waals surface area contributed by atoms with E-state index in [0.717, 1.165) is 5.56 Å². The molecule has 1 aromatic carbocycles. The molecule has 0 bridgehead atoms. The lowest BCUT2D eigenvalue weighted by Gasteiger charge is -2.09. The first-order valence-electron chi connectivity index (χ1n) is 4.88. The van der Waals surface area contributed by atoms with Crippen molar-refractivity contribution in [1.29, 1.82) is 0 Å². The van der Waals surface area contributed by atoms with Crippen LogP contribution in [0.2, 0.25) is 0 Å². The molecule has 0 aliphatic heterocycles. The van der Waals surface area contributed by atoms with Gasteiger partial charge in [-0.05, 0) is 24.6 Å². The van der Waals surface area contributed by atoms with E-state index in [1.165, 1.54) is 0 Å². The van der Waals surface area contributed by atoms with Gasteiger partial charge in [-0.1, -0.05) is 18.2 Å². The molecule has 1 atom stereocenters. The van der Waals surface area contributed by atoms with Crippen molar-refractivity contribution in [2.75, 3.05) is 5.73 Å². The number of nitrogens with one attached hydrogen (secondary N) is 1. The van der Waals surface area contributed by atoms with Crippen LogP contribution in [0.3, 0.4) is 0 Å². The van der Waals surface area contributed by atoms with Crippen LogP contribution in [0, 0.1) is 0 Å². The molecule has 0 aliphatic carbocycles. The number of nitrogens with two attached hydrogens (primary N) is 1. The summed E-state index contributed by atoms with van der Waals surface area (Å²) in [7, 11) is 0. The van der Waals surface area contributed by atoms with E-state index in [4.69, 9.17) is 5.73 Å². The molecule has 3 N–H and O–H groups in total. The minimum atomic E-state index is -0.00725. The maximum Gasteiger partial charge on any atom is 0.224 e. The number of benzene rings is 1. The molecule has 80 valence electrons. The lowest BCUT2D eigenvalue weighted by atomic mass is 10.1. The Morgan fingerprint density at radius 2 is 2.13 bits per heavy atom. The number of rotatable bonds is 4. The maximum atomic E-state index is 11.5. The number of carbonyl (C=O) groups is 1. The maximum absolute atomic E-state index is 11.5. The molecule has 0 saturated heterocycles. The molecule has 3 nitrogen and oxygen atoms in total. The number of hydrogen-bond acceptors (Lipinski definition) is 2. The topological polar surface area (TPSA) is 55.1 Å². The SMILES string of the molecule is C=CC(C)NC(=O)Cc1ccc(N)cc1. The van der Waals surface area contributed by atoms with Crippen LogP contribution in [0.1, 0.15) is 12.5 Å². The third-order valence-electron chi connectivity index (χ3n) is 2.09. The monoisotopic (exact) mass is 204 g/mol. The minimum Gasteiger partial charge on any atom is -0.399 e. The average molecular weight is 204 g/mol. The van der Waals surface area contributed by atoms with Gasteiger partial charge in [0.15, 0.2) is 0 Å². The quantitative estimate of drug-likeness (QED) is 0.577. The Balaban J connectivity index is 2.51. The van der Waals surface area contributed by atoms with Crippen molar-refractivity contribution < 1.29 is 4.79 Å². The second-order valence-corrected chi connectivity index (χ2v) is 3.51. The third-order valence-corrected chi connectivity index (χ3v) is 2.09. The van der Waals surface area contributed by atoms with Gasteiger partial charge in [0.2, 0.25) is 5.91 Å². The first-order valence-corrected chi connectivity index (χ1v) is 4.88. The van der Waals surface area contributed by atoms with Gasteiger partial charge in [0.25, 0.3) is 0 Å². The van der Waals surface area contributed by atoms with Crippen molar-refractivity contribution in [3.05, 3.63) is 42.5 Å². The highest BCUT2D eigenvalue weighted by Gasteiger charge is 2.04. The van der Waals surface area contributed by atoms with Gasteiger partial charge in [-0.15, -0.1) is 6.58 Å². The van der Waals surface area contributed by atoms with Gasteiger partial charge in [-0.2, -0.15) is 0 Å². The molecule has 15 heavy (non-hydrogen) atoms. The van der Waals surface area contributed by atoms with Crippen LogP contribution in [-0.2, 0) is 11.2 Å². The van der Waals surface area contributed by atoms with E-state index in [9.17, 15) is 4.79 Å². The van der Waals surface area contributed by atoms with Gasteiger partial charge in [-0.25, -0.2) is 0 Å². The molecule has 0 aromatic heterocycles. The third kappa shape index (κ3) is 3.85. The molecule has 1 rings (SSSR count). The van der Waals surface area contributed by atoms with Gasteiger partial charge in [-0.3, -0.25) is 4.79 Å². The van der Waals surface area contributed by atoms with Crippen LogP contribution in [0.15, 0.2) is 36.9 Å². The summed E-state index contributed by atoms with van der Waals surface area (Å²) in [4.78, 5) is 11.5. The number of hydrogen-bond donors (Lipinski definition) is 2. The van der Waals surface area contributed by atoms with E-state index in [-0.39, 0.29) is 11.9 Å². The van der Waals surface area contributed by atoms with Gasteiger partial charge >= 0.3 is 0 Å². The molecule has 0 radical (unpaired) electrons. The van der Waals surface area contributed by atoms with Crippen LogP contribution < -0.4 is 11.1 Å². The van der Waals surface area contributed by atoms with E-state index >= 15 is 0 Å². The molecule has 1 unspecified atom stereocenters. The Morgan fingerprint density at radius 3 is 2.67 bits per heavy atom. The predicted molar refractivity (Wildman–Crippen MR) is 62.4 cm³/mol. The lowest BCUT2D eigenvalue weighted by Crippen LogP contribution is -2.32. The minimum absolute atomic E-state index is 0.00582. The highest BCUT2D eigenvalue weighted by molar-refractivity contribution is 5.79. The Kier molecular flexibility index (Phi) is 3.92. The molecule has 0 fully saturated rings. The summed E-state index contributed by atoms with van der Waals surface area (Å²) >= 11 is 0. The molecular formula is C12H16N2O. The molecule has 1 amide bonds. The van der Waals surface area contributed by atoms with Crippen LogP contribution in [0.4, 0.5) is 5.69 Å². The van der Waals surface area contributed by atoms with Crippen molar-refractivity contribution in [1.82, 2.24) is 5.32 Å². The predicted octanol–water partition coefficient (Wildman–Crippen LogP) is 1.50. The standard InChI is InChI=1S/C12H16N2O/c1-3-9(2)14-12(15)8-10-4-6-11(13)7-5-10/h3-7,9H,1,8,13H2,2H3,(H,14,15). The summed E-state index contributed by atoms with van der Waals surface area (Å²) < 4.78 is 0. The van der Waals surface area contributed by atoms with Crippen molar-refractivity contribution in [3.63, 3.8) is 0 Å². The number of amides is 1. The second kappa shape index (κ2) is 5.20. The van der Waals surface area contributed by atoms with Crippen molar-refractivity contribution in [2.45, 2.75) is 19.4 Å². The summed E-state index contributed by atoms with van der Waals surface area (Å²) in [6, 6.07) is 7.30. The summed E-state index contributed by atoms with van der Waals surface area (Å²) in [5.74, 6) is -0.00725. The van der Waals surface area contributed by atoms with Crippen LogP contribution >= 0.6 is 0 Å². The van der Waals surface area contributed by atoms with E-state index in [1.54, 1.807) is 18.2 Å². The zero-order chi connectivity index (χ0) is 11.3. The average Bonchev–Trinajstić information content (AvgIpc) is 2.21. The molecule has 0 spiro atoms. The van der Waals surface area contributed by atoms with Crippen molar-refractivity contribution >= 4 is 11.6 Å². The van der Waals surface area contributed by atoms with Crippen LogP contribution in [-0.4, -0.2) is 11.9 Å². The first kappa shape index (κ1) is 11.3. The Morgan fingerprint density at radius 1 is 1.53 bits per heavy atom. The number of anilines is 1. The molecule has 0 heterocycles. The Labute approximate surface area is 90.0 Å². The summed E-state index contributed by atoms with van der Waals surface area (Å²) in [5.41, 5.74) is 7.21. The summed E-state index contributed by atoms with van der Waals surface area (Å²) in [6.07, 6.45) is 2.07.